The first-order chi connectivity index (χ1) is 11.9. The van der Waals surface area contributed by atoms with Crippen LogP contribution in [0.15, 0.2) is 45.9 Å². The molecule has 1 amide bonds. The van der Waals surface area contributed by atoms with Gasteiger partial charge in [0.1, 0.15) is 11.8 Å². The highest BCUT2D eigenvalue weighted by molar-refractivity contribution is 7.89. The fraction of sp³-hybridized carbons (Fsp3) is 0.250. The summed E-state index contributed by atoms with van der Waals surface area (Å²) in [5.41, 5.74) is 0.836. The highest BCUT2D eigenvalue weighted by Gasteiger charge is 2.31. The van der Waals surface area contributed by atoms with Gasteiger partial charge in [-0.25, -0.2) is 8.42 Å². The van der Waals surface area contributed by atoms with Gasteiger partial charge in [0, 0.05) is 12.1 Å². The summed E-state index contributed by atoms with van der Waals surface area (Å²) in [4.78, 5) is 23.5. The Bertz CT molecular complexity index is 901. The zero-order chi connectivity index (χ0) is 18.0. The van der Waals surface area contributed by atoms with E-state index in [2.05, 4.69) is 10.0 Å². The standard InChI is InChI=1S/C16H16N2O6S/c1-10-13(6-8-23-10)15(19)17-11-2-4-12(5-3-11)25(21,22)18-14-7-9-24-16(14)20/h2-6,8,14,18H,7,9H2,1H3,(H,17,19)/t14-/m0/s1. The van der Waals surface area contributed by atoms with Crippen LogP contribution in [0, 0.1) is 6.92 Å². The zero-order valence-electron chi connectivity index (χ0n) is 13.3. The lowest BCUT2D eigenvalue weighted by molar-refractivity contribution is -0.139. The molecule has 25 heavy (non-hydrogen) atoms. The number of aryl methyl sites for hydroxylation is 1. The molecule has 0 bridgehead atoms. The van der Waals surface area contributed by atoms with Gasteiger partial charge in [0.25, 0.3) is 5.91 Å². The number of carbonyl (C=O) groups excluding carboxylic acids is 2. The van der Waals surface area contributed by atoms with Gasteiger partial charge in [0.05, 0.1) is 23.3 Å². The van der Waals surface area contributed by atoms with Crippen molar-refractivity contribution < 1.29 is 27.2 Å². The molecular formula is C16H16N2O6S. The van der Waals surface area contributed by atoms with Crippen LogP contribution in [0.5, 0.6) is 0 Å². The van der Waals surface area contributed by atoms with Crippen molar-refractivity contribution in [2.45, 2.75) is 24.3 Å². The second-order valence-corrected chi connectivity index (χ2v) is 7.21. The third-order valence-electron chi connectivity index (χ3n) is 3.76. The number of carbonyl (C=O) groups is 2. The molecule has 2 aromatic rings. The molecule has 1 aliphatic rings. The smallest absolute Gasteiger partial charge is 0.324 e. The third kappa shape index (κ3) is 3.72. The normalized spacial score (nSPS) is 17.3. The molecular weight excluding hydrogens is 348 g/mol. The van der Waals surface area contributed by atoms with E-state index in [0.29, 0.717) is 23.4 Å². The van der Waals surface area contributed by atoms with Crippen molar-refractivity contribution in [3.05, 3.63) is 47.9 Å². The molecule has 2 N–H and O–H groups in total. The van der Waals surface area contributed by atoms with Crippen LogP contribution < -0.4 is 10.0 Å². The van der Waals surface area contributed by atoms with Crippen LogP contribution in [-0.2, 0) is 19.6 Å². The van der Waals surface area contributed by atoms with Gasteiger partial charge in [-0.2, -0.15) is 4.72 Å². The minimum atomic E-state index is -3.85. The first-order valence-electron chi connectivity index (χ1n) is 7.51. The summed E-state index contributed by atoms with van der Waals surface area (Å²) >= 11 is 0. The maximum Gasteiger partial charge on any atom is 0.324 e. The Morgan fingerprint density at radius 1 is 1.20 bits per heavy atom. The van der Waals surface area contributed by atoms with E-state index < -0.39 is 22.0 Å². The third-order valence-corrected chi connectivity index (χ3v) is 5.25. The molecule has 0 spiro atoms. The number of ether oxygens (including phenoxy) is 1. The van der Waals surface area contributed by atoms with Crippen LogP contribution in [0.25, 0.3) is 0 Å². The van der Waals surface area contributed by atoms with Gasteiger partial charge in [-0.1, -0.05) is 0 Å². The molecule has 9 heteroatoms. The monoisotopic (exact) mass is 364 g/mol. The quantitative estimate of drug-likeness (QED) is 0.776. The van der Waals surface area contributed by atoms with Crippen LogP contribution in [-0.4, -0.2) is 32.9 Å². The van der Waals surface area contributed by atoms with Crippen LogP contribution in [0.1, 0.15) is 22.5 Å². The van der Waals surface area contributed by atoms with Crippen molar-refractivity contribution in [3.63, 3.8) is 0 Å². The lowest BCUT2D eigenvalue weighted by Gasteiger charge is -2.10. The molecule has 2 heterocycles. The lowest BCUT2D eigenvalue weighted by atomic mass is 10.2. The van der Waals surface area contributed by atoms with Crippen LogP contribution >= 0.6 is 0 Å². The molecule has 1 aliphatic heterocycles. The van der Waals surface area contributed by atoms with Crippen molar-refractivity contribution in [1.82, 2.24) is 4.72 Å². The Labute approximate surface area is 144 Å². The van der Waals surface area contributed by atoms with E-state index >= 15 is 0 Å². The summed E-state index contributed by atoms with van der Waals surface area (Å²) in [5, 5.41) is 2.66. The Kier molecular flexibility index (Phi) is 4.60. The zero-order valence-corrected chi connectivity index (χ0v) is 14.1. The molecule has 0 unspecified atom stereocenters. The predicted octanol–water partition coefficient (Wildman–Crippen LogP) is 1.43. The second-order valence-electron chi connectivity index (χ2n) is 5.50. The van der Waals surface area contributed by atoms with Crippen LogP contribution in [0.4, 0.5) is 5.69 Å². The average molecular weight is 364 g/mol. The molecule has 1 fully saturated rings. The number of rotatable bonds is 5. The maximum atomic E-state index is 12.3. The first-order valence-corrected chi connectivity index (χ1v) is 8.99. The number of sulfonamides is 1. The van der Waals surface area contributed by atoms with E-state index in [1.54, 1.807) is 13.0 Å². The van der Waals surface area contributed by atoms with Gasteiger partial charge in [-0.05, 0) is 37.3 Å². The van der Waals surface area contributed by atoms with Gasteiger partial charge in [0.2, 0.25) is 10.0 Å². The number of hydrogen-bond acceptors (Lipinski definition) is 6. The van der Waals surface area contributed by atoms with E-state index in [4.69, 9.17) is 9.15 Å². The molecule has 1 aromatic carbocycles. The number of anilines is 1. The fourth-order valence-electron chi connectivity index (χ4n) is 2.39. The molecule has 1 atom stereocenters. The average Bonchev–Trinajstić information content (AvgIpc) is 3.16. The number of hydrogen-bond donors (Lipinski definition) is 2. The number of amides is 1. The van der Waals surface area contributed by atoms with Gasteiger partial charge in [-0.15, -0.1) is 0 Å². The van der Waals surface area contributed by atoms with Crippen molar-refractivity contribution in [2.75, 3.05) is 11.9 Å². The first kappa shape index (κ1) is 17.2. The Morgan fingerprint density at radius 3 is 2.48 bits per heavy atom. The highest BCUT2D eigenvalue weighted by atomic mass is 32.2. The molecule has 1 saturated heterocycles. The second kappa shape index (κ2) is 6.69. The Balaban J connectivity index is 1.70. The van der Waals surface area contributed by atoms with Gasteiger partial charge in [-0.3, -0.25) is 9.59 Å². The van der Waals surface area contributed by atoms with Gasteiger partial charge < -0.3 is 14.5 Å². The van der Waals surface area contributed by atoms with Gasteiger partial charge in [0.15, 0.2) is 0 Å². The van der Waals surface area contributed by atoms with E-state index in [9.17, 15) is 18.0 Å². The number of benzene rings is 1. The highest BCUT2D eigenvalue weighted by Crippen LogP contribution is 2.18. The summed E-state index contributed by atoms with van der Waals surface area (Å²) in [5.74, 6) is -0.444. The van der Waals surface area contributed by atoms with Crippen LogP contribution in [0.2, 0.25) is 0 Å². The number of nitrogens with one attached hydrogen (secondary N) is 2. The molecule has 132 valence electrons. The number of furan rings is 1. The molecule has 8 nitrogen and oxygen atoms in total. The topological polar surface area (TPSA) is 115 Å². The van der Waals surface area contributed by atoms with Gasteiger partial charge >= 0.3 is 5.97 Å². The minimum absolute atomic E-state index is 0.00955. The summed E-state index contributed by atoms with van der Waals surface area (Å²) < 4.78 is 36.7. The number of cyclic esters (lactones) is 1. The van der Waals surface area contributed by atoms with E-state index in [0.717, 1.165) is 0 Å². The Hall–Kier alpha value is -2.65. The largest absolute Gasteiger partial charge is 0.469 e. The molecule has 0 aliphatic carbocycles. The van der Waals surface area contributed by atoms with Crippen molar-refractivity contribution in [3.8, 4) is 0 Å². The lowest BCUT2D eigenvalue weighted by Crippen LogP contribution is -2.37. The predicted molar refractivity (Wildman–Crippen MR) is 87.5 cm³/mol. The maximum absolute atomic E-state index is 12.3. The summed E-state index contributed by atoms with van der Waals surface area (Å²) in [6, 6.07) is 6.31. The van der Waals surface area contributed by atoms with E-state index in [1.807, 2.05) is 0 Å². The summed E-state index contributed by atoms with van der Waals surface area (Å²) in [6.45, 7) is 1.87. The van der Waals surface area contributed by atoms with Crippen molar-refractivity contribution in [2.24, 2.45) is 0 Å². The summed E-state index contributed by atoms with van der Waals surface area (Å²) in [7, 11) is -3.85. The minimum Gasteiger partial charge on any atom is -0.469 e. The van der Waals surface area contributed by atoms with Crippen molar-refractivity contribution >= 4 is 27.6 Å². The van der Waals surface area contributed by atoms with E-state index in [1.165, 1.54) is 30.5 Å². The molecule has 0 saturated carbocycles. The Morgan fingerprint density at radius 2 is 1.92 bits per heavy atom. The molecule has 1 aromatic heterocycles. The number of esters is 1. The SMILES string of the molecule is Cc1occc1C(=O)Nc1ccc(S(=O)(=O)N[C@H]2CCOC2=O)cc1. The molecule has 0 radical (unpaired) electrons. The van der Waals surface area contributed by atoms with Crippen LogP contribution in [0.3, 0.4) is 0 Å². The van der Waals surface area contributed by atoms with Crippen molar-refractivity contribution in [1.29, 1.82) is 0 Å². The fourth-order valence-corrected chi connectivity index (χ4v) is 3.61. The van der Waals surface area contributed by atoms with E-state index in [-0.39, 0.29) is 17.4 Å². The summed E-state index contributed by atoms with van der Waals surface area (Å²) in [6.07, 6.45) is 1.72. The molecule has 3 rings (SSSR count).